The number of halogens is 1. The zero-order valence-electron chi connectivity index (χ0n) is 55.3. The Labute approximate surface area is 560 Å². The molecule has 3 N–H and O–H groups in total. The SMILES string of the molecule is O=C(O)NCCOCCOCCOCCOCCOCCOCCOCCOCCOCCOCCOCCOCCOCCOCCOCCOCCOCCOCCOCCOCCOCCOCCOCCOCCC(=O)NCCCCOc1ccc(Br)cc1. The van der Waals surface area contributed by atoms with E-state index < -0.39 is 6.09 Å². The summed E-state index contributed by atoms with van der Waals surface area (Å²) in [6, 6.07) is 7.72. The maximum atomic E-state index is 12.0. The Bertz CT molecular complexity index is 1630. The summed E-state index contributed by atoms with van der Waals surface area (Å²) < 4.78 is 139. The molecule has 548 valence electrons. The third-order valence-electron chi connectivity index (χ3n) is 11.5. The lowest BCUT2D eigenvalue weighted by Gasteiger charge is -2.09. The quantitative estimate of drug-likeness (QED) is 0.0790. The molecule has 0 radical (unpaired) electrons. The number of nitrogens with one attached hydrogen (secondary N) is 2. The highest BCUT2D eigenvalue weighted by Gasteiger charge is 2.04. The zero-order chi connectivity index (χ0) is 66.4. The van der Waals surface area contributed by atoms with Crippen LogP contribution in [-0.4, -0.2) is 354 Å². The molecule has 2 amide bonds. The monoisotopic (exact) mass is 1410 g/mol. The second-order valence-electron chi connectivity index (χ2n) is 19.0. The van der Waals surface area contributed by atoms with Crippen LogP contribution in [0.25, 0.3) is 0 Å². The van der Waals surface area contributed by atoms with Crippen LogP contribution in [0.2, 0.25) is 0 Å². The Balaban J connectivity index is 1.59. The second-order valence-corrected chi connectivity index (χ2v) is 20.0. The van der Waals surface area contributed by atoms with E-state index in [-0.39, 0.29) is 12.5 Å². The number of hydrogen-bond acceptors (Lipinski definition) is 27. The van der Waals surface area contributed by atoms with Crippen LogP contribution >= 0.6 is 15.9 Å². The topological polar surface area (TPSA) is 309 Å². The number of unbranched alkanes of at least 4 members (excludes halogenated alkanes) is 1. The van der Waals surface area contributed by atoms with E-state index in [2.05, 4.69) is 26.6 Å². The molecule has 31 heteroatoms. The minimum Gasteiger partial charge on any atom is -0.494 e. The molecule has 30 nitrogen and oxygen atoms in total. The molecule has 1 aromatic rings. The van der Waals surface area contributed by atoms with Gasteiger partial charge < -0.3 is 134 Å². The fourth-order valence-corrected chi connectivity index (χ4v) is 7.08. The third-order valence-corrected chi connectivity index (χ3v) is 12.1. The van der Waals surface area contributed by atoms with Gasteiger partial charge in [-0.15, -0.1) is 0 Å². The van der Waals surface area contributed by atoms with Crippen molar-refractivity contribution in [1.82, 2.24) is 10.6 Å². The largest absolute Gasteiger partial charge is 0.494 e. The molecule has 0 saturated carbocycles. The number of rotatable bonds is 81. The zero-order valence-corrected chi connectivity index (χ0v) is 56.9. The molecule has 93 heavy (non-hydrogen) atoms. The van der Waals surface area contributed by atoms with Gasteiger partial charge in [-0.3, -0.25) is 4.79 Å². The summed E-state index contributed by atoms with van der Waals surface area (Å²) in [5.41, 5.74) is 0. The lowest BCUT2D eigenvalue weighted by molar-refractivity contribution is -0.122. The van der Waals surface area contributed by atoms with Gasteiger partial charge in [-0.25, -0.2) is 4.79 Å². The Morgan fingerprint density at radius 2 is 0.462 bits per heavy atom. The van der Waals surface area contributed by atoms with E-state index in [1.54, 1.807) is 0 Å². The molecule has 0 unspecified atom stereocenters. The molecule has 0 aliphatic carbocycles. The van der Waals surface area contributed by atoms with E-state index in [0.29, 0.717) is 337 Å². The number of amides is 2. The summed E-state index contributed by atoms with van der Waals surface area (Å²) in [5, 5.41) is 13.6. The molecular formula is C62H115BrN2O28. The van der Waals surface area contributed by atoms with Gasteiger partial charge in [0, 0.05) is 24.0 Å². The van der Waals surface area contributed by atoms with Crippen molar-refractivity contribution in [3.63, 3.8) is 0 Å². The highest BCUT2D eigenvalue weighted by molar-refractivity contribution is 9.10. The Morgan fingerprint density at radius 3 is 0.677 bits per heavy atom. The first kappa shape index (κ1) is 88.3. The van der Waals surface area contributed by atoms with Gasteiger partial charge in [-0.2, -0.15) is 0 Å². The number of benzene rings is 1. The fourth-order valence-electron chi connectivity index (χ4n) is 6.82. The van der Waals surface area contributed by atoms with E-state index in [1.165, 1.54) is 0 Å². The molecule has 0 aliphatic rings. The third kappa shape index (κ3) is 76.5. The van der Waals surface area contributed by atoms with E-state index in [1.807, 2.05) is 24.3 Å². The van der Waals surface area contributed by atoms with E-state index in [0.717, 1.165) is 23.1 Å². The molecule has 1 rings (SSSR count). The molecule has 0 saturated heterocycles. The average Bonchev–Trinajstić information content (AvgIpc) is 3.77. The van der Waals surface area contributed by atoms with Crippen LogP contribution in [0.1, 0.15) is 19.3 Å². The first-order valence-electron chi connectivity index (χ1n) is 32.6. The first-order valence-corrected chi connectivity index (χ1v) is 33.3. The number of carbonyl (C=O) groups is 2. The van der Waals surface area contributed by atoms with Crippen LogP contribution in [0.4, 0.5) is 4.79 Å². The van der Waals surface area contributed by atoms with Crippen molar-refractivity contribution in [3.05, 3.63) is 28.7 Å². The fraction of sp³-hybridized carbons (Fsp3) is 0.871. The molecule has 0 heterocycles. The molecular weight excluding hydrogens is 1300 g/mol. The van der Waals surface area contributed by atoms with Crippen molar-refractivity contribution in [1.29, 1.82) is 0 Å². The van der Waals surface area contributed by atoms with Crippen LogP contribution in [0.5, 0.6) is 5.75 Å². The number of carboxylic acid groups (broad SMARTS) is 1. The Hall–Kier alpha value is -2.72. The summed E-state index contributed by atoms with van der Waals surface area (Å²) in [4.78, 5) is 22.3. The summed E-state index contributed by atoms with van der Waals surface area (Å²) >= 11 is 3.40. The van der Waals surface area contributed by atoms with Crippen LogP contribution < -0.4 is 15.4 Å². The van der Waals surface area contributed by atoms with Crippen molar-refractivity contribution < 1.29 is 133 Å². The van der Waals surface area contributed by atoms with Gasteiger partial charge in [0.15, 0.2) is 0 Å². The van der Waals surface area contributed by atoms with Crippen molar-refractivity contribution in [2.45, 2.75) is 19.3 Å². The highest BCUT2D eigenvalue weighted by atomic mass is 79.9. The molecule has 0 aromatic heterocycles. The lowest BCUT2D eigenvalue weighted by atomic mass is 10.3. The predicted molar refractivity (Wildman–Crippen MR) is 342 cm³/mol. The highest BCUT2D eigenvalue weighted by Crippen LogP contribution is 2.16. The van der Waals surface area contributed by atoms with Crippen molar-refractivity contribution in [2.75, 3.05) is 337 Å². The standard InChI is InChI=1S/C62H115BrN2O28/c63-59-3-5-60(6-4-59)93-10-2-1-8-64-61(66)7-11-69-13-15-71-17-19-73-21-23-75-25-27-77-29-31-79-33-35-81-37-39-83-41-43-85-45-47-87-49-51-89-53-55-91-57-58-92-56-54-90-52-50-88-48-46-86-44-42-84-40-38-82-36-34-80-32-30-78-28-26-76-24-22-74-20-18-72-16-14-70-12-9-65-62(67)68/h3-6,65H,1-2,7-58H2,(H,64,66)(H,67,68). The van der Waals surface area contributed by atoms with Crippen LogP contribution in [0.3, 0.4) is 0 Å². The van der Waals surface area contributed by atoms with E-state index >= 15 is 0 Å². The number of ether oxygens (including phenoxy) is 25. The normalized spacial score (nSPS) is 11.5. The first-order chi connectivity index (χ1) is 46.1. The van der Waals surface area contributed by atoms with Gasteiger partial charge >= 0.3 is 6.09 Å². The summed E-state index contributed by atoms with van der Waals surface area (Å²) in [7, 11) is 0. The van der Waals surface area contributed by atoms with Crippen LogP contribution in [-0.2, 0) is 118 Å². The minimum atomic E-state index is -1.07. The number of carbonyl (C=O) groups excluding carboxylic acids is 1. The predicted octanol–water partition coefficient (Wildman–Crippen LogP) is 2.78. The molecule has 0 spiro atoms. The summed E-state index contributed by atoms with van der Waals surface area (Å²) in [6.45, 7) is 23.6. The van der Waals surface area contributed by atoms with Gasteiger partial charge in [0.2, 0.25) is 5.91 Å². The van der Waals surface area contributed by atoms with Gasteiger partial charge in [0.05, 0.1) is 324 Å². The Morgan fingerprint density at radius 1 is 0.258 bits per heavy atom. The van der Waals surface area contributed by atoms with Gasteiger partial charge in [-0.1, -0.05) is 15.9 Å². The minimum absolute atomic E-state index is 0.0256. The van der Waals surface area contributed by atoms with Gasteiger partial charge in [0.25, 0.3) is 0 Å². The van der Waals surface area contributed by atoms with Gasteiger partial charge in [0.1, 0.15) is 5.75 Å². The average molecular weight is 1420 g/mol. The Kier molecular flexibility index (Phi) is 74.3. The summed E-state index contributed by atoms with van der Waals surface area (Å²) in [5.74, 6) is 0.811. The summed E-state index contributed by atoms with van der Waals surface area (Å²) in [6.07, 6.45) is 0.959. The van der Waals surface area contributed by atoms with Crippen molar-refractivity contribution in [2.24, 2.45) is 0 Å². The smallest absolute Gasteiger partial charge is 0.404 e. The maximum Gasteiger partial charge on any atom is 0.404 e. The number of hydrogen-bond donors (Lipinski definition) is 3. The van der Waals surface area contributed by atoms with Gasteiger partial charge in [-0.05, 0) is 37.1 Å². The molecule has 0 fully saturated rings. The molecule has 0 aliphatic heterocycles. The van der Waals surface area contributed by atoms with E-state index in [9.17, 15) is 9.59 Å². The van der Waals surface area contributed by atoms with Crippen LogP contribution in [0.15, 0.2) is 28.7 Å². The molecule has 1 aromatic carbocycles. The molecule has 0 bridgehead atoms. The second kappa shape index (κ2) is 78.3. The lowest BCUT2D eigenvalue weighted by Crippen LogP contribution is -2.26. The van der Waals surface area contributed by atoms with Crippen molar-refractivity contribution in [3.8, 4) is 5.75 Å². The van der Waals surface area contributed by atoms with E-state index in [4.69, 9.17) is 124 Å². The molecule has 0 atom stereocenters. The maximum absolute atomic E-state index is 12.0. The van der Waals surface area contributed by atoms with Crippen molar-refractivity contribution >= 4 is 27.9 Å². The van der Waals surface area contributed by atoms with Crippen LogP contribution in [0, 0.1) is 0 Å².